The largest absolute Gasteiger partial charge is 0.464 e. The van der Waals surface area contributed by atoms with Crippen LogP contribution >= 0.6 is 11.3 Å². The summed E-state index contributed by atoms with van der Waals surface area (Å²) in [5.74, 6) is 0. The average molecular weight is 657 g/mol. The van der Waals surface area contributed by atoms with Crippen molar-refractivity contribution in [2.75, 3.05) is 0 Å². The summed E-state index contributed by atoms with van der Waals surface area (Å²) < 4.78 is 21.5. The van der Waals surface area contributed by atoms with Crippen LogP contribution < -0.4 is 0 Å². The van der Waals surface area contributed by atoms with E-state index < -0.39 is 0 Å². The molecule has 50 heavy (non-hydrogen) atoms. The lowest BCUT2D eigenvalue weighted by atomic mass is 9.84. The molecule has 0 aliphatic heterocycles. The summed E-state index contributed by atoms with van der Waals surface area (Å²) in [5.41, 5.74) is 9.00. The highest BCUT2D eigenvalue weighted by atomic mass is 32.1. The molecule has 0 amide bonds. The van der Waals surface area contributed by atoms with Crippen LogP contribution in [0, 0.1) is 0 Å². The van der Waals surface area contributed by atoms with Crippen molar-refractivity contribution in [1.82, 2.24) is 0 Å². The fourth-order valence-electron chi connectivity index (χ4n) is 8.43. The minimum Gasteiger partial charge on any atom is -0.464 e. The summed E-state index contributed by atoms with van der Waals surface area (Å²) in [4.78, 5) is 0. The topological polar surface area (TPSA) is 39.4 Å². The van der Waals surface area contributed by atoms with Crippen LogP contribution in [0.4, 0.5) is 0 Å². The van der Waals surface area contributed by atoms with Gasteiger partial charge in [-0.3, -0.25) is 0 Å². The molecule has 0 saturated carbocycles. The summed E-state index contributed by atoms with van der Waals surface area (Å²) >= 11 is 1.84. The molecular formula is C46H24O3S. The van der Waals surface area contributed by atoms with Gasteiger partial charge in [-0.05, 0) is 92.3 Å². The van der Waals surface area contributed by atoms with E-state index in [0.29, 0.717) is 0 Å². The van der Waals surface area contributed by atoms with E-state index in [0.717, 1.165) is 60.4 Å². The second-order valence-corrected chi connectivity index (χ2v) is 14.2. The van der Waals surface area contributed by atoms with Gasteiger partial charge in [0.1, 0.15) is 16.7 Å². The second kappa shape index (κ2) is 9.63. The van der Waals surface area contributed by atoms with E-state index in [1.54, 1.807) is 0 Å². The van der Waals surface area contributed by atoms with Crippen LogP contribution in [0.5, 0.6) is 0 Å². The van der Waals surface area contributed by atoms with Crippen molar-refractivity contribution in [3.05, 3.63) is 146 Å². The van der Waals surface area contributed by atoms with Crippen molar-refractivity contribution in [3.8, 4) is 22.3 Å². The van der Waals surface area contributed by atoms with E-state index in [1.807, 2.05) is 35.8 Å². The molecule has 0 N–H and O–H groups in total. The van der Waals surface area contributed by atoms with E-state index in [9.17, 15) is 0 Å². The number of fused-ring (bicyclic) bond motifs is 14. The third-order valence-corrected chi connectivity index (χ3v) is 11.8. The van der Waals surface area contributed by atoms with E-state index in [2.05, 4.69) is 121 Å². The zero-order valence-electron chi connectivity index (χ0n) is 26.5. The first-order chi connectivity index (χ1) is 24.8. The van der Waals surface area contributed by atoms with Gasteiger partial charge in [0.2, 0.25) is 0 Å². The van der Waals surface area contributed by atoms with Gasteiger partial charge in [-0.2, -0.15) is 0 Å². The summed E-state index contributed by atoms with van der Waals surface area (Å²) in [5, 5.41) is 12.9. The van der Waals surface area contributed by atoms with Crippen molar-refractivity contribution in [2.45, 2.75) is 0 Å². The van der Waals surface area contributed by atoms with Crippen molar-refractivity contribution in [1.29, 1.82) is 0 Å². The lowest BCUT2D eigenvalue weighted by molar-refractivity contribution is 0.616. The molecule has 4 heteroatoms. The fraction of sp³-hybridized carbons (Fsp3) is 0. The normalized spacial score (nSPS) is 12.4. The highest BCUT2D eigenvalue weighted by Gasteiger charge is 2.23. The molecule has 0 aliphatic rings. The van der Waals surface area contributed by atoms with E-state index in [-0.39, 0.29) is 0 Å². The number of furan rings is 3. The lowest BCUT2D eigenvalue weighted by Crippen LogP contribution is -1.91. The third kappa shape index (κ3) is 3.43. The maximum absolute atomic E-state index is 6.53. The van der Waals surface area contributed by atoms with Crippen molar-refractivity contribution in [3.63, 3.8) is 0 Å². The Labute approximate surface area is 288 Å². The van der Waals surface area contributed by atoms with Gasteiger partial charge in [-0.1, -0.05) is 91.0 Å². The summed E-state index contributed by atoms with van der Waals surface area (Å²) in [6.45, 7) is 0. The Morgan fingerprint density at radius 3 is 1.74 bits per heavy atom. The molecule has 0 radical (unpaired) electrons. The van der Waals surface area contributed by atoms with Gasteiger partial charge in [0.05, 0.1) is 6.26 Å². The molecule has 8 aromatic carbocycles. The number of hydrogen-bond donors (Lipinski definition) is 0. The van der Waals surface area contributed by atoms with Gasteiger partial charge in [-0.15, -0.1) is 11.3 Å². The molecular weight excluding hydrogens is 633 g/mol. The molecule has 0 saturated heterocycles. The molecule has 0 spiro atoms. The molecule has 4 heterocycles. The molecule has 0 unspecified atom stereocenters. The van der Waals surface area contributed by atoms with Crippen LogP contribution in [0.1, 0.15) is 0 Å². The highest BCUT2D eigenvalue weighted by Crippen LogP contribution is 2.50. The van der Waals surface area contributed by atoms with Gasteiger partial charge in [0.15, 0.2) is 11.2 Å². The molecule has 4 aromatic heterocycles. The summed E-state index contributed by atoms with van der Waals surface area (Å²) in [6.07, 6.45) is 1.81. The first-order valence-corrected chi connectivity index (χ1v) is 17.6. The second-order valence-electron chi connectivity index (χ2n) is 13.1. The smallest absolute Gasteiger partial charge is 0.178 e. The number of para-hydroxylation sites is 1. The number of hydrogen-bond acceptors (Lipinski definition) is 4. The van der Waals surface area contributed by atoms with Crippen molar-refractivity contribution >= 4 is 108 Å². The number of benzene rings is 8. The summed E-state index contributed by atoms with van der Waals surface area (Å²) in [6, 6.07) is 49.9. The van der Waals surface area contributed by atoms with Crippen LogP contribution in [-0.2, 0) is 0 Å². The monoisotopic (exact) mass is 656 g/mol. The molecule has 12 aromatic rings. The van der Waals surface area contributed by atoms with Crippen LogP contribution in [-0.4, -0.2) is 0 Å². The zero-order valence-corrected chi connectivity index (χ0v) is 27.3. The van der Waals surface area contributed by atoms with Gasteiger partial charge in [-0.25, -0.2) is 0 Å². The molecule has 232 valence electrons. The maximum Gasteiger partial charge on any atom is 0.178 e. The fourth-order valence-corrected chi connectivity index (χ4v) is 9.67. The van der Waals surface area contributed by atoms with Crippen LogP contribution in [0.15, 0.2) is 159 Å². The van der Waals surface area contributed by atoms with Crippen LogP contribution in [0.2, 0.25) is 0 Å². The predicted molar refractivity (Wildman–Crippen MR) is 210 cm³/mol. The Morgan fingerprint density at radius 2 is 1.00 bits per heavy atom. The molecule has 12 rings (SSSR count). The first kappa shape index (κ1) is 26.6. The first-order valence-electron chi connectivity index (χ1n) is 16.8. The Balaban J connectivity index is 1.18. The quantitative estimate of drug-likeness (QED) is 0.174. The molecule has 0 atom stereocenters. The van der Waals surface area contributed by atoms with Crippen molar-refractivity contribution < 1.29 is 13.3 Å². The van der Waals surface area contributed by atoms with Gasteiger partial charge in [0, 0.05) is 47.1 Å². The minimum absolute atomic E-state index is 0.788. The molecule has 0 fully saturated rings. The van der Waals surface area contributed by atoms with E-state index in [1.165, 1.54) is 58.4 Å². The minimum atomic E-state index is 0.788. The lowest BCUT2D eigenvalue weighted by Gasteiger charge is -2.18. The Hall–Kier alpha value is -6.36. The number of thiophene rings is 1. The molecule has 0 bridgehead atoms. The van der Waals surface area contributed by atoms with Gasteiger partial charge < -0.3 is 13.3 Å². The summed E-state index contributed by atoms with van der Waals surface area (Å²) in [7, 11) is 0. The third-order valence-electron chi connectivity index (χ3n) is 10.6. The standard InChI is InChI=1S/C46H24O3S/c1-3-12-29-27(10-1)41(25-17-20-38-35(23-25)32-19-18-31-26-9-5-7-15-37(26)48-44(31)45(32)49-38)28-11-2-4-13-30(28)42(29)36-24-39-33(21-22-47-39)46-43(36)34-14-6-8-16-40(34)50-46/h1-24H. The highest BCUT2D eigenvalue weighted by molar-refractivity contribution is 7.26. The Kier molecular flexibility index (Phi) is 5.12. The van der Waals surface area contributed by atoms with E-state index in [4.69, 9.17) is 13.3 Å². The van der Waals surface area contributed by atoms with Crippen molar-refractivity contribution in [2.24, 2.45) is 0 Å². The molecule has 0 aliphatic carbocycles. The number of rotatable bonds is 2. The van der Waals surface area contributed by atoms with E-state index >= 15 is 0 Å². The van der Waals surface area contributed by atoms with Crippen LogP contribution in [0.3, 0.4) is 0 Å². The zero-order chi connectivity index (χ0) is 32.5. The Morgan fingerprint density at radius 1 is 0.400 bits per heavy atom. The Bertz CT molecular complexity index is 3330. The molecule has 3 nitrogen and oxygen atoms in total. The van der Waals surface area contributed by atoms with Crippen LogP contribution in [0.25, 0.3) is 119 Å². The maximum atomic E-state index is 6.53. The average Bonchev–Trinajstić information content (AvgIpc) is 3.95. The van der Waals surface area contributed by atoms with Gasteiger partial charge >= 0.3 is 0 Å². The predicted octanol–water partition coefficient (Wildman–Crippen LogP) is 14.2. The SMILES string of the molecule is c1ccc2c(c1)oc1c2ccc2c3cc(-c4c5ccccc5c(-c5cc6occc6c6sc7ccccc7c56)c5ccccc45)ccc3oc21. The van der Waals surface area contributed by atoms with Gasteiger partial charge in [0.25, 0.3) is 0 Å².